The summed E-state index contributed by atoms with van der Waals surface area (Å²) >= 11 is 0. The Morgan fingerprint density at radius 1 is 1.24 bits per heavy atom. The fourth-order valence-corrected chi connectivity index (χ4v) is 2.57. The van der Waals surface area contributed by atoms with Gasteiger partial charge >= 0.3 is 5.69 Å². The normalized spacial score (nSPS) is 18.5. The third-order valence-electron chi connectivity index (χ3n) is 3.86. The van der Waals surface area contributed by atoms with Crippen molar-refractivity contribution in [2.45, 2.75) is 18.9 Å². The SMILES string of the molecule is Cn1c(=O)c2c(nc(OCC3CCCO3)n2C)n(C)c1=O. The number of ether oxygens (including phenoxy) is 2. The third kappa shape index (κ3) is 2.15. The Labute approximate surface area is 120 Å². The van der Waals surface area contributed by atoms with Crippen LogP contribution in [0.1, 0.15) is 12.8 Å². The Morgan fingerprint density at radius 2 is 2.00 bits per heavy atom. The molecule has 0 aliphatic carbocycles. The number of rotatable bonds is 3. The average Bonchev–Trinajstić information content (AvgIpc) is 3.09. The second-order valence-corrected chi connectivity index (χ2v) is 5.28. The molecule has 1 unspecified atom stereocenters. The largest absolute Gasteiger partial charge is 0.462 e. The van der Waals surface area contributed by atoms with Crippen LogP contribution in [-0.4, -0.2) is 38.0 Å². The van der Waals surface area contributed by atoms with Crippen molar-refractivity contribution in [2.75, 3.05) is 13.2 Å². The van der Waals surface area contributed by atoms with Gasteiger partial charge in [0.1, 0.15) is 6.61 Å². The molecule has 0 amide bonds. The average molecular weight is 294 g/mol. The Morgan fingerprint density at radius 3 is 2.67 bits per heavy atom. The van der Waals surface area contributed by atoms with Crippen LogP contribution in [0.25, 0.3) is 11.2 Å². The molecule has 3 rings (SSSR count). The van der Waals surface area contributed by atoms with Gasteiger partial charge in [-0.25, -0.2) is 4.79 Å². The maximum Gasteiger partial charge on any atom is 0.332 e. The first-order valence-corrected chi connectivity index (χ1v) is 6.87. The van der Waals surface area contributed by atoms with Gasteiger partial charge in [0.2, 0.25) is 0 Å². The van der Waals surface area contributed by atoms with Crippen LogP contribution in [0.3, 0.4) is 0 Å². The molecule has 0 radical (unpaired) electrons. The fourth-order valence-electron chi connectivity index (χ4n) is 2.57. The van der Waals surface area contributed by atoms with E-state index >= 15 is 0 Å². The number of aryl methyl sites for hydroxylation is 2. The minimum absolute atomic E-state index is 0.0662. The molecule has 3 heterocycles. The lowest BCUT2D eigenvalue weighted by molar-refractivity contribution is 0.0636. The van der Waals surface area contributed by atoms with Gasteiger partial charge < -0.3 is 9.47 Å². The highest BCUT2D eigenvalue weighted by atomic mass is 16.5. The van der Waals surface area contributed by atoms with Crippen LogP contribution < -0.4 is 16.0 Å². The zero-order valence-electron chi connectivity index (χ0n) is 12.3. The smallest absolute Gasteiger partial charge is 0.332 e. The van der Waals surface area contributed by atoms with Gasteiger partial charge in [0.05, 0.1) is 6.10 Å². The van der Waals surface area contributed by atoms with Crippen LogP contribution >= 0.6 is 0 Å². The van der Waals surface area contributed by atoms with E-state index in [0.717, 1.165) is 24.0 Å². The summed E-state index contributed by atoms with van der Waals surface area (Å²) in [4.78, 5) is 28.4. The molecule has 0 N–H and O–H groups in total. The second-order valence-electron chi connectivity index (χ2n) is 5.28. The molecule has 2 aromatic rings. The monoisotopic (exact) mass is 294 g/mol. The molecule has 1 fully saturated rings. The molecule has 1 atom stereocenters. The number of imidazole rings is 1. The Hall–Kier alpha value is -2.09. The summed E-state index contributed by atoms with van der Waals surface area (Å²) in [5.74, 6) is 0. The van der Waals surface area contributed by atoms with E-state index in [4.69, 9.17) is 9.47 Å². The van der Waals surface area contributed by atoms with Gasteiger partial charge in [0, 0.05) is 27.7 Å². The van der Waals surface area contributed by atoms with Crippen molar-refractivity contribution in [1.29, 1.82) is 0 Å². The Balaban J connectivity index is 2.03. The van der Waals surface area contributed by atoms with Crippen LogP contribution in [0.4, 0.5) is 0 Å². The van der Waals surface area contributed by atoms with Gasteiger partial charge in [-0.15, -0.1) is 0 Å². The fraction of sp³-hybridized carbons (Fsp3) is 0.615. The van der Waals surface area contributed by atoms with E-state index in [2.05, 4.69) is 4.98 Å². The minimum atomic E-state index is -0.406. The Kier molecular flexibility index (Phi) is 3.32. The van der Waals surface area contributed by atoms with Crippen molar-refractivity contribution >= 4 is 11.2 Å². The van der Waals surface area contributed by atoms with Crippen LogP contribution in [0.15, 0.2) is 9.59 Å². The van der Waals surface area contributed by atoms with Crippen molar-refractivity contribution < 1.29 is 9.47 Å². The van der Waals surface area contributed by atoms with Gasteiger partial charge in [-0.3, -0.25) is 18.5 Å². The number of aromatic nitrogens is 4. The molecule has 0 bridgehead atoms. The number of fused-ring (bicyclic) bond motifs is 1. The summed E-state index contributed by atoms with van der Waals surface area (Å²) in [5, 5.41) is 0. The number of hydrogen-bond acceptors (Lipinski definition) is 5. The third-order valence-corrected chi connectivity index (χ3v) is 3.86. The maximum atomic E-state index is 12.2. The van der Waals surface area contributed by atoms with Crippen molar-refractivity contribution in [3.63, 3.8) is 0 Å². The molecule has 8 heteroatoms. The van der Waals surface area contributed by atoms with E-state index < -0.39 is 5.69 Å². The zero-order chi connectivity index (χ0) is 15.1. The van der Waals surface area contributed by atoms with Gasteiger partial charge in [0.15, 0.2) is 11.2 Å². The summed E-state index contributed by atoms with van der Waals surface area (Å²) in [6.45, 7) is 1.15. The van der Waals surface area contributed by atoms with Crippen LogP contribution in [0.5, 0.6) is 6.01 Å². The first kappa shape index (κ1) is 13.9. The van der Waals surface area contributed by atoms with Gasteiger partial charge in [-0.2, -0.15) is 4.98 Å². The van der Waals surface area contributed by atoms with Crippen LogP contribution in [0, 0.1) is 0 Å². The molecule has 21 heavy (non-hydrogen) atoms. The van der Waals surface area contributed by atoms with Gasteiger partial charge in [0.25, 0.3) is 11.6 Å². The van der Waals surface area contributed by atoms with E-state index in [1.54, 1.807) is 18.7 Å². The number of nitrogens with zero attached hydrogens (tertiary/aromatic N) is 4. The molecule has 0 spiro atoms. The van der Waals surface area contributed by atoms with E-state index in [-0.39, 0.29) is 11.7 Å². The van der Waals surface area contributed by atoms with Crippen molar-refractivity contribution in [3.8, 4) is 6.01 Å². The van der Waals surface area contributed by atoms with E-state index in [9.17, 15) is 9.59 Å². The van der Waals surface area contributed by atoms with E-state index in [1.165, 1.54) is 11.6 Å². The van der Waals surface area contributed by atoms with Crippen molar-refractivity contribution in [2.24, 2.45) is 21.1 Å². The minimum Gasteiger partial charge on any atom is -0.462 e. The lowest BCUT2D eigenvalue weighted by Gasteiger charge is -2.10. The highest BCUT2D eigenvalue weighted by Gasteiger charge is 2.20. The molecular weight excluding hydrogens is 276 g/mol. The topological polar surface area (TPSA) is 80.3 Å². The maximum absolute atomic E-state index is 12.2. The quantitative estimate of drug-likeness (QED) is 0.764. The van der Waals surface area contributed by atoms with Gasteiger partial charge in [-0.1, -0.05) is 0 Å². The first-order chi connectivity index (χ1) is 10.0. The Bertz CT molecular complexity index is 795. The molecule has 0 saturated carbocycles. The molecule has 1 aliphatic heterocycles. The van der Waals surface area contributed by atoms with Crippen molar-refractivity contribution in [1.82, 2.24) is 18.7 Å². The lowest BCUT2D eigenvalue weighted by atomic mass is 10.2. The predicted molar refractivity (Wildman–Crippen MR) is 75.7 cm³/mol. The lowest BCUT2D eigenvalue weighted by Crippen LogP contribution is -2.37. The summed E-state index contributed by atoms with van der Waals surface area (Å²) < 4.78 is 15.1. The number of hydrogen-bond donors (Lipinski definition) is 0. The van der Waals surface area contributed by atoms with E-state index in [0.29, 0.717) is 23.8 Å². The van der Waals surface area contributed by atoms with Gasteiger partial charge in [-0.05, 0) is 12.8 Å². The van der Waals surface area contributed by atoms with E-state index in [1.807, 2.05) is 0 Å². The molecule has 2 aromatic heterocycles. The summed E-state index contributed by atoms with van der Waals surface area (Å²) in [6.07, 6.45) is 2.06. The first-order valence-electron chi connectivity index (χ1n) is 6.87. The molecule has 8 nitrogen and oxygen atoms in total. The molecule has 1 aliphatic rings. The predicted octanol–water partition coefficient (Wildman–Crippen LogP) is -0.472. The summed E-state index contributed by atoms with van der Waals surface area (Å²) in [5.41, 5.74) is -0.110. The highest BCUT2D eigenvalue weighted by Crippen LogP contribution is 2.18. The van der Waals surface area contributed by atoms with Crippen LogP contribution in [-0.2, 0) is 25.9 Å². The summed E-state index contributed by atoms with van der Waals surface area (Å²) in [7, 11) is 4.73. The zero-order valence-corrected chi connectivity index (χ0v) is 12.3. The molecule has 1 saturated heterocycles. The second kappa shape index (κ2) is 5.03. The van der Waals surface area contributed by atoms with Crippen molar-refractivity contribution in [3.05, 3.63) is 20.8 Å². The standard InChI is InChI=1S/C13H18N4O4/c1-15-9-10(16(2)13(19)17(3)11(9)18)14-12(15)21-7-8-5-4-6-20-8/h8H,4-7H2,1-3H3. The molecule has 0 aromatic carbocycles. The summed E-state index contributed by atoms with van der Waals surface area (Å²) in [6, 6.07) is 0.318. The molecular formula is C13H18N4O4. The van der Waals surface area contributed by atoms with Crippen LogP contribution in [0.2, 0.25) is 0 Å². The molecule has 114 valence electrons. The highest BCUT2D eigenvalue weighted by molar-refractivity contribution is 5.71.